The number of nitrogens with zero attached hydrogens (tertiary/aromatic N) is 2. The van der Waals surface area contributed by atoms with Gasteiger partial charge in [-0.05, 0) is 54.3 Å². The van der Waals surface area contributed by atoms with Gasteiger partial charge in [-0.1, -0.05) is 6.92 Å². The van der Waals surface area contributed by atoms with Gasteiger partial charge < -0.3 is 16.0 Å². The summed E-state index contributed by atoms with van der Waals surface area (Å²) in [5.41, 5.74) is 7.95. The zero-order chi connectivity index (χ0) is 13.2. The number of aromatic nitrogens is 1. The predicted molar refractivity (Wildman–Crippen MR) is 79.7 cm³/mol. The first kappa shape index (κ1) is 13.6. The van der Waals surface area contributed by atoms with Crippen molar-refractivity contribution in [2.45, 2.75) is 19.8 Å². The molecular weight excluding hydrogens is 292 g/mol. The number of piperidine rings is 1. The van der Waals surface area contributed by atoms with Crippen molar-refractivity contribution >= 4 is 27.3 Å². The fourth-order valence-electron chi connectivity index (χ4n) is 2.27. The summed E-state index contributed by atoms with van der Waals surface area (Å²) in [7, 11) is 2.18. The van der Waals surface area contributed by atoms with Crippen LogP contribution in [0.15, 0.2) is 16.9 Å². The molecule has 1 aromatic heterocycles. The van der Waals surface area contributed by atoms with Crippen LogP contribution in [0, 0.1) is 5.41 Å². The number of nitrogens with one attached hydrogen (secondary N) is 1. The molecular formula is C13H21BrN4. The third-order valence-corrected chi connectivity index (χ3v) is 4.42. The average Bonchev–Trinajstić information content (AvgIpc) is 2.33. The topological polar surface area (TPSA) is 54.2 Å². The second-order valence-corrected chi connectivity index (χ2v) is 6.41. The van der Waals surface area contributed by atoms with Gasteiger partial charge in [0.05, 0.1) is 22.0 Å². The fourth-order valence-corrected chi connectivity index (χ4v) is 2.76. The highest BCUT2D eigenvalue weighted by atomic mass is 79.9. The Kier molecular flexibility index (Phi) is 4.12. The number of nitrogens with two attached hydrogens (primary N) is 1. The Balaban J connectivity index is 1.99. The van der Waals surface area contributed by atoms with Gasteiger partial charge in [0.2, 0.25) is 0 Å². The van der Waals surface area contributed by atoms with Crippen LogP contribution in [-0.4, -0.2) is 36.6 Å². The van der Waals surface area contributed by atoms with E-state index in [4.69, 9.17) is 5.73 Å². The first-order valence-corrected chi connectivity index (χ1v) is 7.11. The molecule has 1 aromatic rings. The van der Waals surface area contributed by atoms with E-state index in [1.54, 1.807) is 12.4 Å². The molecule has 4 nitrogen and oxygen atoms in total. The van der Waals surface area contributed by atoms with E-state index < -0.39 is 0 Å². The minimum Gasteiger partial charge on any atom is -0.396 e. The Bertz CT molecular complexity index is 393. The number of nitrogen functional groups attached to an aromatic ring is 1. The SMILES string of the molecule is CN1CCC(C)(CNc2c(N)cncc2Br)CC1. The number of hydrogen-bond donors (Lipinski definition) is 2. The molecule has 3 N–H and O–H groups in total. The van der Waals surface area contributed by atoms with Crippen molar-refractivity contribution in [3.63, 3.8) is 0 Å². The largest absolute Gasteiger partial charge is 0.396 e. The number of pyridine rings is 1. The summed E-state index contributed by atoms with van der Waals surface area (Å²) in [6.45, 7) is 5.64. The van der Waals surface area contributed by atoms with Gasteiger partial charge in [0.15, 0.2) is 0 Å². The van der Waals surface area contributed by atoms with Crippen LogP contribution in [0.1, 0.15) is 19.8 Å². The highest BCUT2D eigenvalue weighted by molar-refractivity contribution is 9.10. The van der Waals surface area contributed by atoms with Crippen molar-refractivity contribution in [3.8, 4) is 0 Å². The molecule has 0 unspecified atom stereocenters. The molecule has 0 radical (unpaired) electrons. The van der Waals surface area contributed by atoms with Gasteiger partial charge in [0.25, 0.3) is 0 Å². The van der Waals surface area contributed by atoms with Crippen LogP contribution in [0.4, 0.5) is 11.4 Å². The summed E-state index contributed by atoms with van der Waals surface area (Å²) in [5.74, 6) is 0. The van der Waals surface area contributed by atoms with Crippen LogP contribution in [0.25, 0.3) is 0 Å². The lowest BCUT2D eigenvalue weighted by Crippen LogP contribution is -2.40. The fraction of sp³-hybridized carbons (Fsp3) is 0.615. The summed E-state index contributed by atoms with van der Waals surface area (Å²) in [5, 5.41) is 3.48. The van der Waals surface area contributed by atoms with Crippen molar-refractivity contribution in [3.05, 3.63) is 16.9 Å². The van der Waals surface area contributed by atoms with E-state index in [1.165, 1.54) is 25.9 Å². The molecule has 0 aliphatic carbocycles. The van der Waals surface area contributed by atoms with Gasteiger partial charge in [-0.3, -0.25) is 4.98 Å². The van der Waals surface area contributed by atoms with Crippen molar-refractivity contribution in [2.75, 3.05) is 37.7 Å². The Morgan fingerprint density at radius 3 is 2.72 bits per heavy atom. The summed E-state index contributed by atoms with van der Waals surface area (Å²) in [6.07, 6.45) is 5.90. The number of rotatable bonds is 3. The van der Waals surface area contributed by atoms with Crippen LogP contribution in [-0.2, 0) is 0 Å². The molecule has 2 rings (SSSR count). The Labute approximate surface area is 117 Å². The van der Waals surface area contributed by atoms with Gasteiger partial charge in [-0.25, -0.2) is 0 Å². The molecule has 0 bridgehead atoms. The smallest absolute Gasteiger partial charge is 0.0750 e. The van der Waals surface area contributed by atoms with Gasteiger partial charge in [0, 0.05) is 12.7 Å². The highest BCUT2D eigenvalue weighted by Gasteiger charge is 2.28. The molecule has 100 valence electrons. The minimum absolute atomic E-state index is 0.349. The summed E-state index contributed by atoms with van der Waals surface area (Å²) < 4.78 is 0.930. The van der Waals surface area contributed by atoms with Gasteiger partial charge >= 0.3 is 0 Å². The molecule has 2 heterocycles. The maximum atomic E-state index is 5.94. The van der Waals surface area contributed by atoms with Crippen LogP contribution >= 0.6 is 15.9 Å². The summed E-state index contributed by atoms with van der Waals surface area (Å²) in [4.78, 5) is 6.44. The van der Waals surface area contributed by atoms with Crippen molar-refractivity contribution < 1.29 is 0 Å². The molecule has 0 saturated carbocycles. The Morgan fingerprint density at radius 1 is 1.44 bits per heavy atom. The van der Waals surface area contributed by atoms with Crippen LogP contribution in [0.3, 0.4) is 0 Å². The highest BCUT2D eigenvalue weighted by Crippen LogP contribution is 2.33. The van der Waals surface area contributed by atoms with E-state index in [0.29, 0.717) is 11.1 Å². The lowest BCUT2D eigenvalue weighted by Gasteiger charge is -2.38. The zero-order valence-electron chi connectivity index (χ0n) is 11.0. The molecule has 18 heavy (non-hydrogen) atoms. The molecule has 1 fully saturated rings. The first-order chi connectivity index (χ1) is 8.50. The number of halogens is 1. The molecule has 1 saturated heterocycles. The van der Waals surface area contributed by atoms with Gasteiger partial charge in [-0.15, -0.1) is 0 Å². The molecule has 1 aliphatic heterocycles. The second kappa shape index (κ2) is 5.45. The van der Waals surface area contributed by atoms with Crippen molar-refractivity contribution in [2.24, 2.45) is 5.41 Å². The molecule has 5 heteroatoms. The van der Waals surface area contributed by atoms with E-state index in [0.717, 1.165) is 16.7 Å². The average molecular weight is 313 g/mol. The second-order valence-electron chi connectivity index (χ2n) is 5.55. The van der Waals surface area contributed by atoms with Crippen molar-refractivity contribution in [1.29, 1.82) is 0 Å². The lowest BCUT2D eigenvalue weighted by atomic mass is 9.80. The number of hydrogen-bond acceptors (Lipinski definition) is 4. The Morgan fingerprint density at radius 2 is 2.11 bits per heavy atom. The predicted octanol–water partition coefficient (Wildman–Crippen LogP) is 2.57. The molecule has 0 spiro atoms. The van der Waals surface area contributed by atoms with E-state index in [2.05, 4.69) is 45.1 Å². The molecule has 0 atom stereocenters. The van der Waals surface area contributed by atoms with E-state index in [9.17, 15) is 0 Å². The van der Waals surface area contributed by atoms with Crippen LogP contribution in [0.2, 0.25) is 0 Å². The van der Waals surface area contributed by atoms with Crippen LogP contribution in [0.5, 0.6) is 0 Å². The maximum absolute atomic E-state index is 5.94. The lowest BCUT2D eigenvalue weighted by molar-refractivity contribution is 0.150. The van der Waals surface area contributed by atoms with Gasteiger partial charge in [0.1, 0.15) is 0 Å². The Hall–Kier alpha value is -0.810. The van der Waals surface area contributed by atoms with Gasteiger partial charge in [-0.2, -0.15) is 0 Å². The zero-order valence-corrected chi connectivity index (χ0v) is 12.6. The van der Waals surface area contributed by atoms with Crippen molar-refractivity contribution in [1.82, 2.24) is 9.88 Å². The summed E-state index contributed by atoms with van der Waals surface area (Å²) >= 11 is 3.49. The first-order valence-electron chi connectivity index (χ1n) is 6.32. The maximum Gasteiger partial charge on any atom is 0.0750 e. The monoisotopic (exact) mass is 312 g/mol. The van der Waals surface area contributed by atoms with E-state index in [-0.39, 0.29) is 0 Å². The van der Waals surface area contributed by atoms with E-state index >= 15 is 0 Å². The minimum atomic E-state index is 0.349. The van der Waals surface area contributed by atoms with Crippen LogP contribution < -0.4 is 11.1 Å². The molecule has 0 amide bonds. The summed E-state index contributed by atoms with van der Waals surface area (Å²) in [6, 6.07) is 0. The third-order valence-electron chi connectivity index (χ3n) is 3.82. The molecule has 1 aliphatic rings. The third kappa shape index (κ3) is 3.14. The number of anilines is 2. The molecule has 0 aromatic carbocycles. The van der Waals surface area contributed by atoms with E-state index in [1.807, 2.05) is 0 Å². The quantitative estimate of drug-likeness (QED) is 0.900. The standard InChI is InChI=1S/C13H21BrN4/c1-13(3-5-18(2)6-4-13)9-17-12-10(14)7-16-8-11(12)15/h7-8H,3-6,9,15H2,1-2H3,(H,16,17). The number of likely N-dealkylation sites (tertiary alicyclic amines) is 1. The normalized spacial score (nSPS) is 19.7.